The zero-order valence-electron chi connectivity index (χ0n) is 29.4. The van der Waals surface area contributed by atoms with Crippen LogP contribution in [0.25, 0.3) is 39.3 Å². The molecule has 0 saturated carbocycles. The molecule has 0 aliphatic carbocycles. The number of benzene rings is 4. The van der Waals surface area contributed by atoms with Gasteiger partial charge in [-0.25, -0.2) is 18.7 Å². The van der Waals surface area contributed by atoms with Crippen LogP contribution in [0.3, 0.4) is 0 Å². The lowest BCUT2D eigenvalue weighted by Gasteiger charge is -2.29. The van der Waals surface area contributed by atoms with Crippen molar-refractivity contribution in [3.63, 3.8) is 0 Å². The van der Waals surface area contributed by atoms with Gasteiger partial charge >= 0.3 is 5.97 Å². The van der Waals surface area contributed by atoms with Gasteiger partial charge in [-0.15, -0.1) is 0 Å². The maximum absolute atomic E-state index is 14.6. The highest BCUT2D eigenvalue weighted by molar-refractivity contribution is 5.82. The number of aryl methyl sites for hydroxylation is 1. The smallest absolute Gasteiger partial charge is 0.337 e. The molecule has 0 saturated heterocycles. The van der Waals surface area contributed by atoms with Crippen molar-refractivity contribution < 1.29 is 33.2 Å². The molecule has 9 nitrogen and oxygen atoms in total. The van der Waals surface area contributed by atoms with Crippen molar-refractivity contribution in [2.75, 3.05) is 6.61 Å². The summed E-state index contributed by atoms with van der Waals surface area (Å²) in [7, 11) is 0. The second kappa shape index (κ2) is 13.2. The van der Waals surface area contributed by atoms with E-state index in [0.29, 0.717) is 59.4 Å². The Morgan fingerprint density at radius 2 is 1.69 bits per heavy atom. The fraction of sp³-hybridized carbons (Fsp3) is 0.262. The molecule has 0 spiro atoms. The number of carboxylic acid groups (broad SMARTS) is 1. The topological polar surface area (TPSA) is 104 Å². The van der Waals surface area contributed by atoms with Crippen LogP contribution in [0.2, 0.25) is 0 Å². The fourth-order valence-electron chi connectivity index (χ4n) is 7.00. The second-order valence-corrected chi connectivity index (χ2v) is 14.2. The van der Waals surface area contributed by atoms with Crippen LogP contribution in [-0.4, -0.2) is 37.9 Å². The lowest BCUT2D eigenvalue weighted by molar-refractivity contribution is -0.160. The van der Waals surface area contributed by atoms with E-state index in [4.69, 9.17) is 29.0 Å². The Kier molecular flexibility index (Phi) is 8.51. The average molecular weight is 700 g/mol. The molecule has 2 aliphatic rings. The SMILES string of the molecule is Cc1nc2cc3nn2c(c1[C@H](OC(C)(C)C)C(=O)O)-c1ccc2c(c1)C(CCO2)OCc1cccc(c1)COc1cc(F)ccc1-c1cccc-3c1. The summed E-state index contributed by atoms with van der Waals surface area (Å²) in [6, 6.07) is 28.0. The molecule has 52 heavy (non-hydrogen) atoms. The van der Waals surface area contributed by atoms with E-state index in [1.165, 1.54) is 12.1 Å². The van der Waals surface area contributed by atoms with Crippen LogP contribution >= 0.6 is 0 Å². The van der Waals surface area contributed by atoms with Crippen LogP contribution in [-0.2, 0) is 27.5 Å². The number of nitrogens with zero attached hydrogens (tertiary/aromatic N) is 3. The van der Waals surface area contributed by atoms with Gasteiger partial charge in [-0.3, -0.25) is 0 Å². The normalized spacial score (nSPS) is 16.1. The number of hydrogen-bond acceptors (Lipinski definition) is 7. The zero-order valence-corrected chi connectivity index (χ0v) is 29.4. The quantitative estimate of drug-likeness (QED) is 0.195. The number of carbonyl (C=O) groups is 1. The number of aliphatic carboxylic acids is 1. The lowest BCUT2D eigenvalue weighted by Crippen LogP contribution is -2.29. The number of rotatable bonds is 3. The molecule has 2 aromatic heterocycles. The molecule has 0 radical (unpaired) electrons. The van der Waals surface area contributed by atoms with Gasteiger partial charge in [-0.2, -0.15) is 5.10 Å². The van der Waals surface area contributed by atoms with E-state index in [0.717, 1.165) is 38.9 Å². The van der Waals surface area contributed by atoms with Crippen LogP contribution < -0.4 is 9.47 Å². The standard InChI is InChI=1S/C42H38FN3O6/c1-24-38(40(41(47)48)52-42(2,3)4)39-29-11-14-34-32(19-29)35(15-16-49-34)50-22-25-7-5-8-26(17-25)23-51-36-20-30(43)12-13-31(36)27-9-6-10-28(18-27)33-21-37(44-24)46(39)45-33/h5-14,17-21,35,40H,15-16,22-23H2,1-4H3,(H,47,48)/t35?,40-/m0/s1. The third kappa shape index (κ3) is 6.51. The van der Waals surface area contributed by atoms with Gasteiger partial charge < -0.3 is 24.1 Å². The minimum atomic E-state index is -1.34. The number of fused-ring (bicyclic) bond motifs is 10. The second-order valence-electron chi connectivity index (χ2n) is 14.2. The summed E-state index contributed by atoms with van der Waals surface area (Å²) in [6.07, 6.45) is -0.994. The van der Waals surface area contributed by atoms with Gasteiger partial charge in [0.05, 0.1) is 36.3 Å². The predicted molar refractivity (Wildman–Crippen MR) is 194 cm³/mol. The van der Waals surface area contributed by atoms with Crippen molar-refractivity contribution in [3.8, 4) is 45.1 Å². The maximum atomic E-state index is 14.6. The van der Waals surface area contributed by atoms with E-state index < -0.39 is 23.5 Å². The van der Waals surface area contributed by atoms with Crippen LogP contribution in [0, 0.1) is 12.7 Å². The summed E-state index contributed by atoms with van der Waals surface area (Å²) >= 11 is 0. The number of halogens is 1. The molecule has 4 aromatic carbocycles. The van der Waals surface area contributed by atoms with Crippen molar-refractivity contribution in [2.24, 2.45) is 0 Å². The van der Waals surface area contributed by atoms with Crippen LogP contribution in [0.4, 0.5) is 4.39 Å². The number of carboxylic acids is 1. The van der Waals surface area contributed by atoms with Gasteiger partial charge in [0.15, 0.2) is 11.8 Å². The molecule has 0 fully saturated rings. The molecular weight excluding hydrogens is 661 g/mol. The highest BCUT2D eigenvalue weighted by atomic mass is 19.1. The van der Waals surface area contributed by atoms with E-state index in [1.54, 1.807) is 17.5 Å². The third-order valence-electron chi connectivity index (χ3n) is 9.31. The highest BCUT2D eigenvalue weighted by Gasteiger charge is 2.34. The Balaban J connectivity index is 1.38. The molecule has 10 heteroatoms. The van der Waals surface area contributed by atoms with Gasteiger partial charge in [0.2, 0.25) is 0 Å². The first-order chi connectivity index (χ1) is 25.0. The molecule has 264 valence electrons. The van der Waals surface area contributed by atoms with Gasteiger partial charge in [0, 0.05) is 52.1 Å². The summed E-state index contributed by atoms with van der Waals surface area (Å²) < 4.78 is 41.4. The van der Waals surface area contributed by atoms with Crippen molar-refractivity contribution >= 4 is 11.6 Å². The Hall–Kier alpha value is -5.58. The number of ether oxygens (including phenoxy) is 4. The minimum Gasteiger partial charge on any atom is -0.493 e. The first-order valence-corrected chi connectivity index (χ1v) is 17.3. The van der Waals surface area contributed by atoms with E-state index in [9.17, 15) is 14.3 Å². The van der Waals surface area contributed by atoms with E-state index in [-0.39, 0.29) is 12.7 Å². The van der Waals surface area contributed by atoms with Gasteiger partial charge in [0.1, 0.15) is 23.9 Å². The van der Waals surface area contributed by atoms with Gasteiger partial charge in [0.25, 0.3) is 0 Å². The first-order valence-electron chi connectivity index (χ1n) is 17.3. The van der Waals surface area contributed by atoms with E-state index in [2.05, 4.69) is 0 Å². The molecule has 6 aromatic rings. The average Bonchev–Trinajstić information content (AvgIpc) is 3.54. The maximum Gasteiger partial charge on any atom is 0.337 e. The predicted octanol–water partition coefficient (Wildman–Crippen LogP) is 9.05. The molecule has 1 N–H and O–H groups in total. The Morgan fingerprint density at radius 3 is 2.50 bits per heavy atom. The fourth-order valence-corrected chi connectivity index (χ4v) is 7.00. The summed E-state index contributed by atoms with van der Waals surface area (Å²) in [4.78, 5) is 17.9. The van der Waals surface area contributed by atoms with Crippen molar-refractivity contribution in [1.82, 2.24) is 14.6 Å². The molecule has 8 bridgehead atoms. The Labute approximate surface area is 300 Å². The molecule has 2 atom stereocenters. The summed E-state index contributed by atoms with van der Waals surface area (Å²) in [5.74, 6) is -0.411. The van der Waals surface area contributed by atoms with Crippen LogP contribution in [0.15, 0.2) is 91.0 Å². The van der Waals surface area contributed by atoms with Crippen LogP contribution in [0.5, 0.6) is 11.5 Å². The Morgan fingerprint density at radius 1 is 0.904 bits per heavy atom. The van der Waals surface area contributed by atoms with Gasteiger partial charge in [-0.05, 0) is 80.8 Å². The lowest BCUT2D eigenvalue weighted by atomic mass is 9.94. The monoisotopic (exact) mass is 699 g/mol. The molecule has 4 heterocycles. The summed E-state index contributed by atoms with van der Waals surface area (Å²) in [5.41, 5.74) is 7.64. The summed E-state index contributed by atoms with van der Waals surface area (Å²) in [6.45, 7) is 8.35. The van der Waals surface area contributed by atoms with Crippen LogP contribution in [0.1, 0.15) is 67.3 Å². The molecular formula is C42H38FN3O6. The minimum absolute atomic E-state index is 0.242. The summed E-state index contributed by atoms with van der Waals surface area (Å²) in [5, 5.41) is 15.7. The number of hydrogen-bond donors (Lipinski definition) is 1. The van der Waals surface area contributed by atoms with Crippen molar-refractivity contribution in [1.29, 1.82) is 0 Å². The van der Waals surface area contributed by atoms with Gasteiger partial charge in [-0.1, -0.05) is 42.5 Å². The molecule has 0 amide bonds. The largest absolute Gasteiger partial charge is 0.493 e. The van der Waals surface area contributed by atoms with Crippen molar-refractivity contribution in [2.45, 2.75) is 65.1 Å². The van der Waals surface area contributed by atoms with E-state index >= 15 is 0 Å². The zero-order chi connectivity index (χ0) is 36.1. The van der Waals surface area contributed by atoms with E-state index in [1.807, 2.05) is 93.6 Å². The first kappa shape index (κ1) is 33.6. The third-order valence-corrected chi connectivity index (χ3v) is 9.31. The molecule has 1 unspecified atom stereocenters. The molecule has 8 rings (SSSR count). The molecule has 2 aliphatic heterocycles. The Bertz CT molecular complexity index is 2350. The highest BCUT2D eigenvalue weighted by Crippen LogP contribution is 2.42. The van der Waals surface area contributed by atoms with Crippen molar-refractivity contribution in [3.05, 3.63) is 125 Å². The number of aromatic nitrogens is 3.